The molecule has 0 unspecified atom stereocenters. The van der Waals surface area contributed by atoms with E-state index in [1.165, 1.54) is 6.33 Å². The van der Waals surface area contributed by atoms with Crippen molar-refractivity contribution in [1.82, 2.24) is 34.9 Å². The van der Waals surface area contributed by atoms with Crippen molar-refractivity contribution in [2.24, 2.45) is 7.05 Å². The van der Waals surface area contributed by atoms with Crippen molar-refractivity contribution in [2.75, 3.05) is 5.73 Å². The van der Waals surface area contributed by atoms with Gasteiger partial charge in [-0.1, -0.05) is 17.9 Å². The van der Waals surface area contributed by atoms with Crippen molar-refractivity contribution in [3.8, 4) is 22.4 Å². The average Bonchev–Trinajstić information content (AvgIpc) is 3.31. The van der Waals surface area contributed by atoms with Gasteiger partial charge in [0.2, 0.25) is 0 Å². The maximum atomic E-state index is 6.29. The molecule has 5 rings (SSSR count). The van der Waals surface area contributed by atoms with E-state index >= 15 is 0 Å². The Balaban J connectivity index is 1.85. The first-order valence-electron chi connectivity index (χ1n) is 9.07. The maximum Gasteiger partial charge on any atom is 0.146 e. The largest absolute Gasteiger partial charge is 0.383 e. The predicted octanol–water partition coefficient (Wildman–Crippen LogP) is 3.58. The Kier molecular flexibility index (Phi) is 3.67. The summed E-state index contributed by atoms with van der Waals surface area (Å²) in [5.74, 6) is 0.432. The normalized spacial score (nSPS) is 11.4. The molecule has 29 heavy (non-hydrogen) atoms. The number of nitrogens with one attached hydrogen (secondary N) is 1. The fourth-order valence-corrected chi connectivity index (χ4v) is 3.68. The molecule has 1 aromatic carbocycles. The second-order valence-electron chi connectivity index (χ2n) is 7.00. The van der Waals surface area contributed by atoms with Crippen LogP contribution in [0.5, 0.6) is 0 Å². The highest BCUT2D eigenvalue weighted by atomic mass is 15.3. The van der Waals surface area contributed by atoms with Gasteiger partial charge >= 0.3 is 0 Å². The third kappa shape index (κ3) is 2.57. The first-order valence-corrected chi connectivity index (χ1v) is 9.07. The van der Waals surface area contributed by atoms with E-state index in [4.69, 9.17) is 5.73 Å². The third-order valence-electron chi connectivity index (χ3n) is 5.08. The van der Waals surface area contributed by atoms with Crippen LogP contribution in [0.15, 0.2) is 49.4 Å². The summed E-state index contributed by atoms with van der Waals surface area (Å²) in [6.45, 7) is 5.90. The van der Waals surface area contributed by atoms with E-state index in [0.29, 0.717) is 5.82 Å². The predicted molar refractivity (Wildman–Crippen MR) is 114 cm³/mol. The number of nitrogen functional groups attached to an aromatic ring is 1. The summed E-state index contributed by atoms with van der Waals surface area (Å²) in [6, 6.07) is 9.95. The number of H-pyrrole nitrogens is 1. The summed E-state index contributed by atoms with van der Waals surface area (Å²) in [4.78, 5) is 13.3. The number of hydrogen-bond donors (Lipinski definition) is 2. The molecule has 142 valence electrons. The van der Waals surface area contributed by atoms with Crippen molar-refractivity contribution >= 4 is 33.5 Å². The zero-order chi connectivity index (χ0) is 20.1. The Hall–Kier alpha value is -4.07. The molecule has 3 N–H and O–H groups in total. The molecule has 8 nitrogen and oxygen atoms in total. The lowest BCUT2D eigenvalue weighted by atomic mass is 9.99. The molecular formula is C21H18N8. The number of aryl methyl sites for hydroxylation is 1. The molecule has 0 aliphatic heterocycles. The molecule has 0 atom stereocenters. The molecular weight excluding hydrogens is 364 g/mol. The van der Waals surface area contributed by atoms with Gasteiger partial charge in [-0.05, 0) is 42.3 Å². The molecule has 5 aromatic rings. The molecule has 8 heteroatoms. The SMILES string of the molecule is C=C(C)c1ccc(-c2c(-c3ccc4nn[nH]c4c3)c3c(N)ncnc3n2C)cn1. The van der Waals surface area contributed by atoms with Gasteiger partial charge in [0.1, 0.15) is 23.3 Å². The van der Waals surface area contributed by atoms with Crippen LogP contribution in [0, 0.1) is 0 Å². The van der Waals surface area contributed by atoms with Crippen molar-refractivity contribution < 1.29 is 0 Å². The maximum absolute atomic E-state index is 6.29. The van der Waals surface area contributed by atoms with Crippen LogP contribution in [0.3, 0.4) is 0 Å². The molecule has 0 aliphatic rings. The van der Waals surface area contributed by atoms with E-state index in [1.54, 1.807) is 0 Å². The van der Waals surface area contributed by atoms with Crippen molar-refractivity contribution in [1.29, 1.82) is 0 Å². The molecule has 0 saturated carbocycles. The highest BCUT2D eigenvalue weighted by Crippen LogP contribution is 2.41. The lowest BCUT2D eigenvalue weighted by Crippen LogP contribution is -1.96. The quantitative estimate of drug-likeness (QED) is 0.493. The first kappa shape index (κ1) is 17.1. The number of nitrogens with two attached hydrogens (primary N) is 1. The van der Waals surface area contributed by atoms with Gasteiger partial charge in [0.05, 0.1) is 22.3 Å². The van der Waals surface area contributed by atoms with Gasteiger partial charge in [-0.25, -0.2) is 9.97 Å². The summed E-state index contributed by atoms with van der Waals surface area (Å²) in [7, 11) is 1.97. The van der Waals surface area contributed by atoms with E-state index in [0.717, 1.165) is 55.7 Å². The van der Waals surface area contributed by atoms with Gasteiger partial charge in [-0.15, -0.1) is 5.10 Å². The molecule has 4 aromatic heterocycles. The zero-order valence-electron chi connectivity index (χ0n) is 16.0. The minimum Gasteiger partial charge on any atom is -0.383 e. The Bertz CT molecular complexity index is 1390. The highest BCUT2D eigenvalue weighted by molar-refractivity contribution is 6.08. The number of hydrogen-bond acceptors (Lipinski definition) is 6. The Morgan fingerprint density at radius 1 is 1.10 bits per heavy atom. The van der Waals surface area contributed by atoms with Crippen molar-refractivity contribution in [3.63, 3.8) is 0 Å². The van der Waals surface area contributed by atoms with E-state index in [1.807, 2.05) is 55.1 Å². The Labute approximate surface area is 166 Å². The first-order chi connectivity index (χ1) is 14.0. The van der Waals surface area contributed by atoms with E-state index in [-0.39, 0.29) is 0 Å². The molecule has 0 saturated heterocycles. The summed E-state index contributed by atoms with van der Waals surface area (Å²) < 4.78 is 2.02. The molecule has 0 amide bonds. The number of pyridine rings is 1. The number of anilines is 1. The second kappa shape index (κ2) is 6.23. The summed E-state index contributed by atoms with van der Waals surface area (Å²) in [6.07, 6.45) is 3.33. The molecule has 4 heterocycles. The molecule has 0 spiro atoms. The number of benzene rings is 1. The fraction of sp³-hybridized carbons (Fsp3) is 0.0952. The number of aromatic amines is 1. The Morgan fingerprint density at radius 2 is 1.93 bits per heavy atom. The lowest BCUT2D eigenvalue weighted by Gasteiger charge is -2.09. The van der Waals surface area contributed by atoms with Crippen LogP contribution in [0.25, 0.3) is 50.0 Å². The molecule has 0 bridgehead atoms. The van der Waals surface area contributed by atoms with Gasteiger partial charge in [0.15, 0.2) is 0 Å². The number of allylic oxidation sites excluding steroid dienone is 1. The van der Waals surface area contributed by atoms with Crippen LogP contribution in [-0.2, 0) is 7.05 Å². The van der Waals surface area contributed by atoms with Crippen LogP contribution >= 0.6 is 0 Å². The standard InChI is InChI=1S/C21H18N8/c1-11(2)14-6-5-13(9-23-14)19-17(12-4-7-15-16(8-12)27-28-26-15)18-20(22)24-10-25-21(18)29(19)3/h4-10H,1H2,2-3H3,(H2,22,24,25)(H,26,27,28). The topological polar surface area (TPSA) is 111 Å². The fourth-order valence-electron chi connectivity index (χ4n) is 3.68. The molecule has 0 radical (unpaired) electrons. The van der Waals surface area contributed by atoms with Gasteiger partial charge in [0, 0.05) is 24.4 Å². The lowest BCUT2D eigenvalue weighted by molar-refractivity contribution is 0.951. The van der Waals surface area contributed by atoms with Crippen LogP contribution in [0.4, 0.5) is 5.82 Å². The van der Waals surface area contributed by atoms with Gasteiger partial charge in [-0.2, -0.15) is 0 Å². The zero-order valence-corrected chi connectivity index (χ0v) is 16.0. The van der Waals surface area contributed by atoms with Crippen LogP contribution < -0.4 is 5.73 Å². The number of rotatable bonds is 3. The number of nitrogens with zero attached hydrogens (tertiary/aromatic N) is 6. The van der Waals surface area contributed by atoms with E-state index in [2.05, 4.69) is 36.9 Å². The average molecular weight is 382 g/mol. The van der Waals surface area contributed by atoms with Crippen LogP contribution in [0.2, 0.25) is 0 Å². The van der Waals surface area contributed by atoms with Gasteiger partial charge in [-0.3, -0.25) is 10.1 Å². The Morgan fingerprint density at radius 3 is 2.69 bits per heavy atom. The van der Waals surface area contributed by atoms with Gasteiger partial charge < -0.3 is 10.3 Å². The minimum atomic E-state index is 0.432. The van der Waals surface area contributed by atoms with Gasteiger partial charge in [0.25, 0.3) is 0 Å². The third-order valence-corrected chi connectivity index (χ3v) is 5.08. The minimum absolute atomic E-state index is 0.432. The molecule has 0 aliphatic carbocycles. The van der Waals surface area contributed by atoms with Crippen LogP contribution in [-0.4, -0.2) is 34.9 Å². The monoisotopic (exact) mass is 382 g/mol. The van der Waals surface area contributed by atoms with E-state index < -0.39 is 0 Å². The van der Waals surface area contributed by atoms with E-state index in [9.17, 15) is 0 Å². The van der Waals surface area contributed by atoms with Crippen LogP contribution in [0.1, 0.15) is 12.6 Å². The van der Waals surface area contributed by atoms with Crippen molar-refractivity contribution in [3.05, 3.63) is 55.1 Å². The second-order valence-corrected chi connectivity index (χ2v) is 7.00. The summed E-state index contributed by atoms with van der Waals surface area (Å²) in [5, 5.41) is 11.7. The number of fused-ring (bicyclic) bond motifs is 2. The highest BCUT2D eigenvalue weighted by Gasteiger charge is 2.22. The smallest absolute Gasteiger partial charge is 0.146 e. The summed E-state index contributed by atoms with van der Waals surface area (Å²) >= 11 is 0. The van der Waals surface area contributed by atoms with Crippen molar-refractivity contribution in [2.45, 2.75) is 6.92 Å². The summed E-state index contributed by atoms with van der Waals surface area (Å²) in [5.41, 5.74) is 14.3. The number of aromatic nitrogens is 7. The molecule has 0 fully saturated rings.